The van der Waals surface area contributed by atoms with Crippen LogP contribution in [-0.4, -0.2) is 18.6 Å². The highest BCUT2D eigenvalue weighted by molar-refractivity contribution is 6.31. The van der Waals surface area contributed by atoms with Gasteiger partial charge in [0.05, 0.1) is 16.9 Å². The molecule has 0 bridgehead atoms. The van der Waals surface area contributed by atoms with E-state index in [1.54, 1.807) is 7.05 Å². The number of aromatic nitrogens is 1. The van der Waals surface area contributed by atoms with Crippen molar-refractivity contribution in [3.05, 3.63) is 23.0 Å². The molecule has 1 rings (SSSR count). The van der Waals surface area contributed by atoms with E-state index in [4.69, 9.17) is 11.6 Å². The predicted octanol–water partition coefficient (Wildman–Crippen LogP) is 3.60. The third kappa shape index (κ3) is 2.78. The first-order chi connectivity index (χ1) is 7.38. The summed E-state index contributed by atoms with van der Waals surface area (Å²) in [5.41, 5.74) is -0.804. The zero-order chi connectivity index (χ0) is 12.3. The first-order valence-electron chi connectivity index (χ1n) is 4.79. The Labute approximate surface area is 97.0 Å². The van der Waals surface area contributed by atoms with Crippen molar-refractivity contribution < 1.29 is 13.2 Å². The minimum atomic E-state index is -4.46. The van der Waals surface area contributed by atoms with Gasteiger partial charge in [-0.05, 0) is 6.42 Å². The van der Waals surface area contributed by atoms with E-state index in [2.05, 4.69) is 4.98 Å². The van der Waals surface area contributed by atoms with Gasteiger partial charge >= 0.3 is 6.18 Å². The summed E-state index contributed by atoms with van der Waals surface area (Å²) in [5.74, 6) is 0. The van der Waals surface area contributed by atoms with Crippen LogP contribution in [0.5, 0.6) is 0 Å². The van der Waals surface area contributed by atoms with Crippen molar-refractivity contribution in [1.29, 1.82) is 0 Å². The van der Waals surface area contributed by atoms with Gasteiger partial charge in [-0.3, -0.25) is 4.98 Å². The van der Waals surface area contributed by atoms with Gasteiger partial charge in [0.2, 0.25) is 0 Å². The summed E-state index contributed by atoms with van der Waals surface area (Å²) in [6.45, 7) is 2.41. The maximum atomic E-state index is 12.8. The van der Waals surface area contributed by atoms with Crippen LogP contribution in [-0.2, 0) is 6.18 Å². The molecule has 6 heteroatoms. The molecule has 0 saturated heterocycles. The van der Waals surface area contributed by atoms with Crippen LogP contribution < -0.4 is 4.90 Å². The standard InChI is InChI=1S/C10H12ClF3N2/c1-3-4-16(2)8-6-15-5-7(11)9(8)10(12,13)14/h5-6H,3-4H2,1-2H3. The highest BCUT2D eigenvalue weighted by atomic mass is 35.5. The van der Waals surface area contributed by atoms with Crippen LogP contribution in [0.1, 0.15) is 18.9 Å². The Kier molecular flexibility index (Phi) is 4.02. The van der Waals surface area contributed by atoms with Crippen molar-refractivity contribution in [2.24, 2.45) is 0 Å². The molecule has 0 N–H and O–H groups in total. The van der Waals surface area contributed by atoms with E-state index in [-0.39, 0.29) is 10.7 Å². The maximum Gasteiger partial charge on any atom is 0.419 e. The molecule has 0 amide bonds. The quantitative estimate of drug-likeness (QED) is 0.817. The molecule has 1 aromatic heterocycles. The van der Waals surface area contributed by atoms with Crippen LogP contribution in [0.15, 0.2) is 12.4 Å². The second-order valence-electron chi connectivity index (χ2n) is 3.43. The monoisotopic (exact) mass is 252 g/mol. The fourth-order valence-electron chi connectivity index (χ4n) is 1.45. The molecule has 0 radical (unpaired) electrons. The molecule has 0 aliphatic carbocycles. The number of rotatable bonds is 3. The second-order valence-corrected chi connectivity index (χ2v) is 3.84. The van der Waals surface area contributed by atoms with E-state index in [1.807, 2.05) is 6.92 Å². The molecule has 2 nitrogen and oxygen atoms in total. The summed E-state index contributed by atoms with van der Waals surface area (Å²) in [5, 5.41) is -0.368. The van der Waals surface area contributed by atoms with Gasteiger partial charge in [-0.15, -0.1) is 0 Å². The molecule has 0 fully saturated rings. The summed E-state index contributed by atoms with van der Waals surface area (Å²) < 4.78 is 38.3. The van der Waals surface area contributed by atoms with E-state index in [0.717, 1.165) is 12.6 Å². The van der Waals surface area contributed by atoms with Crippen molar-refractivity contribution in [3.8, 4) is 0 Å². The molecule has 0 aromatic carbocycles. The van der Waals surface area contributed by atoms with Crippen LogP contribution in [0.25, 0.3) is 0 Å². The second kappa shape index (κ2) is 4.91. The third-order valence-corrected chi connectivity index (χ3v) is 2.42. The fourth-order valence-corrected chi connectivity index (χ4v) is 1.71. The van der Waals surface area contributed by atoms with Crippen molar-refractivity contribution >= 4 is 17.3 Å². The van der Waals surface area contributed by atoms with Gasteiger partial charge in [0.1, 0.15) is 5.56 Å². The summed E-state index contributed by atoms with van der Waals surface area (Å²) in [7, 11) is 1.59. The van der Waals surface area contributed by atoms with E-state index < -0.39 is 11.7 Å². The van der Waals surface area contributed by atoms with E-state index in [0.29, 0.717) is 6.54 Å². The largest absolute Gasteiger partial charge is 0.419 e. The van der Waals surface area contributed by atoms with Crippen molar-refractivity contribution in [1.82, 2.24) is 4.98 Å². The van der Waals surface area contributed by atoms with E-state index in [9.17, 15) is 13.2 Å². The molecule has 90 valence electrons. The molecule has 0 aliphatic heterocycles. The fraction of sp³-hybridized carbons (Fsp3) is 0.500. The number of hydrogen-bond donors (Lipinski definition) is 0. The molecule has 0 aliphatic rings. The van der Waals surface area contributed by atoms with Gasteiger partial charge in [0.25, 0.3) is 0 Å². The van der Waals surface area contributed by atoms with Crippen LogP contribution >= 0.6 is 11.6 Å². The predicted molar refractivity (Wildman–Crippen MR) is 57.8 cm³/mol. The molecule has 0 unspecified atom stereocenters. The Balaban J connectivity index is 3.23. The Morgan fingerprint density at radius 1 is 1.38 bits per heavy atom. The molecule has 1 heterocycles. The highest BCUT2D eigenvalue weighted by Crippen LogP contribution is 2.40. The Morgan fingerprint density at radius 2 is 2.00 bits per heavy atom. The molecule has 0 saturated carbocycles. The lowest BCUT2D eigenvalue weighted by Gasteiger charge is -2.23. The minimum absolute atomic E-state index is 0.0156. The minimum Gasteiger partial charge on any atom is -0.373 e. The molecule has 0 spiro atoms. The van der Waals surface area contributed by atoms with Crippen molar-refractivity contribution in [3.63, 3.8) is 0 Å². The van der Waals surface area contributed by atoms with Crippen molar-refractivity contribution in [2.75, 3.05) is 18.5 Å². The van der Waals surface area contributed by atoms with Crippen LogP contribution in [0.4, 0.5) is 18.9 Å². The van der Waals surface area contributed by atoms with Gasteiger partial charge in [0.15, 0.2) is 0 Å². The first kappa shape index (κ1) is 13.1. The molecular formula is C10H12ClF3N2. The Hall–Kier alpha value is -0.970. The summed E-state index contributed by atoms with van der Waals surface area (Å²) in [4.78, 5) is 5.19. The first-order valence-corrected chi connectivity index (χ1v) is 5.17. The number of halogens is 4. The maximum absolute atomic E-state index is 12.8. The van der Waals surface area contributed by atoms with Crippen molar-refractivity contribution in [2.45, 2.75) is 19.5 Å². The number of anilines is 1. The van der Waals surface area contributed by atoms with Gasteiger partial charge in [-0.2, -0.15) is 13.2 Å². The zero-order valence-corrected chi connectivity index (χ0v) is 9.73. The smallest absolute Gasteiger partial charge is 0.373 e. The molecule has 16 heavy (non-hydrogen) atoms. The number of alkyl halides is 3. The molecule has 0 atom stereocenters. The van der Waals surface area contributed by atoms with Gasteiger partial charge in [-0.1, -0.05) is 18.5 Å². The lowest BCUT2D eigenvalue weighted by molar-refractivity contribution is -0.137. The van der Waals surface area contributed by atoms with Gasteiger partial charge in [-0.25, -0.2) is 0 Å². The zero-order valence-electron chi connectivity index (χ0n) is 8.98. The Morgan fingerprint density at radius 3 is 2.50 bits per heavy atom. The number of nitrogens with zero attached hydrogens (tertiary/aromatic N) is 2. The van der Waals surface area contributed by atoms with Crippen LogP contribution in [0.2, 0.25) is 5.02 Å². The molecule has 1 aromatic rings. The van der Waals surface area contributed by atoms with E-state index >= 15 is 0 Å². The summed E-state index contributed by atoms with van der Waals surface area (Å²) in [6.07, 6.45) is -1.52. The summed E-state index contributed by atoms with van der Waals surface area (Å²) >= 11 is 5.55. The normalized spacial score (nSPS) is 11.6. The lowest BCUT2D eigenvalue weighted by atomic mass is 10.2. The average Bonchev–Trinajstić information content (AvgIpc) is 2.15. The summed E-state index contributed by atoms with van der Waals surface area (Å²) in [6, 6.07) is 0. The van der Waals surface area contributed by atoms with Gasteiger partial charge in [0, 0.05) is 19.8 Å². The topological polar surface area (TPSA) is 16.1 Å². The van der Waals surface area contributed by atoms with Gasteiger partial charge < -0.3 is 4.90 Å². The average molecular weight is 253 g/mol. The number of hydrogen-bond acceptors (Lipinski definition) is 2. The lowest BCUT2D eigenvalue weighted by Crippen LogP contribution is -2.22. The van der Waals surface area contributed by atoms with E-state index in [1.165, 1.54) is 11.1 Å². The van der Waals surface area contributed by atoms with Crippen LogP contribution in [0.3, 0.4) is 0 Å². The SMILES string of the molecule is CCCN(C)c1cncc(Cl)c1C(F)(F)F. The molecular weight excluding hydrogens is 241 g/mol. The Bertz CT molecular complexity index is 366. The number of pyridine rings is 1. The highest BCUT2D eigenvalue weighted by Gasteiger charge is 2.37. The van der Waals surface area contributed by atoms with Crippen LogP contribution in [0, 0.1) is 0 Å². The third-order valence-electron chi connectivity index (χ3n) is 2.13.